The maximum absolute atomic E-state index is 12.8. The summed E-state index contributed by atoms with van der Waals surface area (Å²) in [4.78, 5) is 25.4. The third kappa shape index (κ3) is 3.40. The third-order valence-electron chi connectivity index (χ3n) is 4.37. The van der Waals surface area contributed by atoms with Gasteiger partial charge in [-0.15, -0.1) is 0 Å². The van der Waals surface area contributed by atoms with Crippen LogP contribution < -0.4 is 11.0 Å². The Balaban J connectivity index is 1.93. The van der Waals surface area contributed by atoms with Gasteiger partial charge in [-0.1, -0.05) is 36.7 Å². The maximum atomic E-state index is 12.8. The fraction of sp³-hybridized carbons (Fsp3) is 0.300. The van der Waals surface area contributed by atoms with Crippen molar-refractivity contribution in [3.05, 3.63) is 63.0 Å². The summed E-state index contributed by atoms with van der Waals surface area (Å²) in [6.45, 7) is 6.43. The van der Waals surface area contributed by atoms with Crippen LogP contribution in [0.25, 0.3) is 11.0 Å². The summed E-state index contributed by atoms with van der Waals surface area (Å²) >= 11 is 6.27. The predicted octanol–water partition coefficient (Wildman–Crippen LogP) is 4.12. The fourth-order valence-corrected chi connectivity index (χ4v) is 3.63. The molecule has 0 saturated carbocycles. The Labute approximate surface area is 157 Å². The molecule has 0 atom stereocenters. The SMILES string of the molecule is CCCn1c(=O)n(CC(=O)Nc2c(C)cc(C)cc2Cl)c2ccccc21. The normalized spacial score (nSPS) is 11.1. The number of carbonyl (C=O) groups is 1. The molecule has 0 aliphatic carbocycles. The number of amides is 1. The van der Waals surface area contributed by atoms with Gasteiger partial charge in [0.15, 0.2) is 0 Å². The van der Waals surface area contributed by atoms with Gasteiger partial charge < -0.3 is 5.32 Å². The maximum Gasteiger partial charge on any atom is 0.329 e. The van der Waals surface area contributed by atoms with Gasteiger partial charge in [-0.05, 0) is 49.6 Å². The molecular formula is C20H22ClN3O2. The first kappa shape index (κ1) is 18.3. The van der Waals surface area contributed by atoms with Crippen molar-refractivity contribution in [2.24, 2.45) is 0 Å². The molecule has 6 heteroatoms. The zero-order valence-electron chi connectivity index (χ0n) is 15.2. The Bertz CT molecular complexity index is 1010. The quantitative estimate of drug-likeness (QED) is 0.733. The molecule has 2 aromatic carbocycles. The lowest BCUT2D eigenvalue weighted by atomic mass is 10.1. The van der Waals surface area contributed by atoms with Crippen molar-refractivity contribution in [3.8, 4) is 0 Å². The first-order valence-corrected chi connectivity index (χ1v) is 9.04. The van der Waals surface area contributed by atoms with Crippen LogP contribution in [0.4, 0.5) is 5.69 Å². The average molecular weight is 372 g/mol. The van der Waals surface area contributed by atoms with E-state index in [1.54, 1.807) is 4.57 Å². The van der Waals surface area contributed by atoms with Crippen molar-refractivity contribution in [2.45, 2.75) is 40.3 Å². The zero-order valence-corrected chi connectivity index (χ0v) is 15.9. The lowest BCUT2D eigenvalue weighted by Gasteiger charge is -2.12. The largest absolute Gasteiger partial charge is 0.329 e. The van der Waals surface area contributed by atoms with Crippen LogP contribution >= 0.6 is 11.6 Å². The molecule has 1 amide bonds. The third-order valence-corrected chi connectivity index (χ3v) is 4.67. The van der Waals surface area contributed by atoms with Gasteiger partial charge in [0.1, 0.15) is 6.54 Å². The number of carbonyl (C=O) groups excluding carboxylic acids is 1. The van der Waals surface area contributed by atoms with Gasteiger partial charge in [-0.25, -0.2) is 4.79 Å². The number of hydrogen-bond donors (Lipinski definition) is 1. The number of rotatable bonds is 5. The van der Waals surface area contributed by atoms with Crippen molar-refractivity contribution < 1.29 is 4.79 Å². The molecule has 0 fully saturated rings. The molecule has 5 nitrogen and oxygen atoms in total. The number of para-hydroxylation sites is 2. The van der Waals surface area contributed by atoms with Crippen molar-refractivity contribution in [2.75, 3.05) is 5.32 Å². The van der Waals surface area contributed by atoms with Crippen LogP contribution in [0.2, 0.25) is 5.02 Å². The van der Waals surface area contributed by atoms with Gasteiger partial charge in [0.2, 0.25) is 5.91 Å². The van der Waals surface area contributed by atoms with E-state index in [0.29, 0.717) is 17.3 Å². The summed E-state index contributed by atoms with van der Waals surface area (Å²) in [5, 5.41) is 3.34. The summed E-state index contributed by atoms with van der Waals surface area (Å²) in [6, 6.07) is 11.3. The van der Waals surface area contributed by atoms with Crippen molar-refractivity contribution in [1.29, 1.82) is 0 Å². The van der Waals surface area contributed by atoms with E-state index in [1.165, 1.54) is 4.57 Å². The molecule has 1 heterocycles. The van der Waals surface area contributed by atoms with E-state index in [1.807, 2.05) is 57.2 Å². The predicted molar refractivity (Wildman–Crippen MR) is 106 cm³/mol. The van der Waals surface area contributed by atoms with E-state index in [4.69, 9.17) is 11.6 Å². The van der Waals surface area contributed by atoms with Crippen LogP contribution in [0.5, 0.6) is 0 Å². The summed E-state index contributed by atoms with van der Waals surface area (Å²) in [5.74, 6) is -0.277. The van der Waals surface area contributed by atoms with Gasteiger partial charge in [0, 0.05) is 6.54 Å². The highest BCUT2D eigenvalue weighted by atomic mass is 35.5. The number of imidazole rings is 1. The highest BCUT2D eigenvalue weighted by molar-refractivity contribution is 6.34. The first-order chi connectivity index (χ1) is 12.4. The summed E-state index contributed by atoms with van der Waals surface area (Å²) in [6.07, 6.45) is 0.846. The van der Waals surface area contributed by atoms with Crippen LogP contribution in [0.1, 0.15) is 24.5 Å². The summed E-state index contributed by atoms with van der Waals surface area (Å²) < 4.78 is 3.23. The Kier molecular flexibility index (Phi) is 5.18. The lowest BCUT2D eigenvalue weighted by Crippen LogP contribution is -2.29. The van der Waals surface area contributed by atoms with Crippen LogP contribution in [-0.4, -0.2) is 15.0 Å². The first-order valence-electron chi connectivity index (χ1n) is 8.67. The Morgan fingerprint density at radius 2 is 1.77 bits per heavy atom. The molecule has 0 radical (unpaired) electrons. The number of nitrogens with zero attached hydrogens (tertiary/aromatic N) is 2. The van der Waals surface area contributed by atoms with E-state index in [2.05, 4.69) is 5.32 Å². The van der Waals surface area contributed by atoms with E-state index in [9.17, 15) is 9.59 Å². The summed E-state index contributed by atoms with van der Waals surface area (Å²) in [7, 11) is 0. The average Bonchev–Trinajstić information content (AvgIpc) is 2.84. The number of aromatic nitrogens is 2. The summed E-state index contributed by atoms with van der Waals surface area (Å²) in [5.41, 5.74) is 3.94. The second-order valence-corrected chi connectivity index (χ2v) is 6.90. The molecule has 0 spiro atoms. The molecule has 0 saturated heterocycles. The minimum atomic E-state index is -0.277. The van der Waals surface area contributed by atoms with Crippen LogP contribution in [0, 0.1) is 13.8 Å². The molecule has 26 heavy (non-hydrogen) atoms. The van der Waals surface area contributed by atoms with Gasteiger partial charge in [0.05, 0.1) is 21.7 Å². The molecule has 1 aromatic heterocycles. The second-order valence-electron chi connectivity index (χ2n) is 6.50. The van der Waals surface area contributed by atoms with Crippen molar-refractivity contribution >= 4 is 34.2 Å². The minimum absolute atomic E-state index is 0.0558. The minimum Gasteiger partial charge on any atom is -0.323 e. The number of aryl methyl sites for hydroxylation is 3. The molecule has 0 aliphatic heterocycles. The van der Waals surface area contributed by atoms with Gasteiger partial charge in [-0.3, -0.25) is 13.9 Å². The fourth-order valence-electron chi connectivity index (χ4n) is 3.26. The molecule has 0 unspecified atom stereocenters. The molecule has 0 aliphatic rings. The number of fused-ring (bicyclic) bond motifs is 1. The van der Waals surface area contributed by atoms with Gasteiger partial charge in [-0.2, -0.15) is 0 Å². The van der Waals surface area contributed by atoms with E-state index in [0.717, 1.165) is 28.6 Å². The van der Waals surface area contributed by atoms with E-state index < -0.39 is 0 Å². The Morgan fingerprint density at radius 3 is 2.38 bits per heavy atom. The Morgan fingerprint density at radius 1 is 1.12 bits per heavy atom. The zero-order chi connectivity index (χ0) is 18.8. The lowest BCUT2D eigenvalue weighted by molar-refractivity contribution is -0.116. The van der Waals surface area contributed by atoms with Crippen LogP contribution in [0.3, 0.4) is 0 Å². The molecular weight excluding hydrogens is 350 g/mol. The number of hydrogen-bond acceptors (Lipinski definition) is 2. The Hall–Kier alpha value is -2.53. The van der Waals surface area contributed by atoms with Gasteiger partial charge in [0.25, 0.3) is 0 Å². The molecule has 136 valence electrons. The van der Waals surface area contributed by atoms with E-state index in [-0.39, 0.29) is 18.1 Å². The van der Waals surface area contributed by atoms with Crippen molar-refractivity contribution in [1.82, 2.24) is 9.13 Å². The number of benzene rings is 2. The molecule has 3 aromatic rings. The molecule has 0 bridgehead atoms. The highest BCUT2D eigenvalue weighted by Crippen LogP contribution is 2.27. The van der Waals surface area contributed by atoms with Crippen molar-refractivity contribution in [3.63, 3.8) is 0 Å². The van der Waals surface area contributed by atoms with E-state index >= 15 is 0 Å². The van der Waals surface area contributed by atoms with Crippen LogP contribution in [0.15, 0.2) is 41.2 Å². The monoisotopic (exact) mass is 371 g/mol. The molecule has 3 rings (SSSR count). The highest BCUT2D eigenvalue weighted by Gasteiger charge is 2.16. The topological polar surface area (TPSA) is 56.0 Å². The second kappa shape index (κ2) is 7.38. The standard InChI is InChI=1S/C20H22ClN3O2/c1-4-9-23-16-7-5-6-8-17(16)24(20(23)26)12-18(25)22-19-14(3)10-13(2)11-15(19)21/h5-8,10-11H,4,9,12H2,1-3H3,(H,22,25). The van der Waals surface area contributed by atoms with Gasteiger partial charge >= 0.3 is 5.69 Å². The number of anilines is 1. The number of nitrogens with one attached hydrogen (secondary N) is 1. The molecule has 1 N–H and O–H groups in total. The van der Waals surface area contributed by atoms with Crippen LogP contribution in [-0.2, 0) is 17.9 Å². The smallest absolute Gasteiger partial charge is 0.323 e. The number of halogens is 1.